The number of anilines is 1. The number of benzene rings is 2. The summed E-state index contributed by atoms with van der Waals surface area (Å²) < 4.78 is 6.27. The topological polar surface area (TPSA) is 41.1 Å². The molecule has 1 aromatic heterocycles. The molecule has 0 saturated carbocycles. The van der Waals surface area contributed by atoms with Gasteiger partial charge in [-0.05, 0) is 45.7 Å². The van der Waals surface area contributed by atoms with Crippen LogP contribution in [0.4, 0.5) is 5.69 Å². The van der Waals surface area contributed by atoms with E-state index in [9.17, 15) is 0 Å². The highest BCUT2D eigenvalue weighted by Gasteiger charge is 2.28. The minimum absolute atomic E-state index is 0.0393. The number of aromatic amines is 1. The van der Waals surface area contributed by atoms with E-state index >= 15 is 0 Å². The largest absolute Gasteiger partial charge is 0.370 e. The van der Waals surface area contributed by atoms with Crippen molar-refractivity contribution in [2.24, 2.45) is 0 Å². The van der Waals surface area contributed by atoms with Crippen LogP contribution in [0.2, 0.25) is 0 Å². The van der Waals surface area contributed by atoms with Crippen molar-refractivity contribution in [3.8, 4) is 11.3 Å². The van der Waals surface area contributed by atoms with Crippen molar-refractivity contribution < 1.29 is 4.74 Å². The molecule has 0 amide bonds. The fourth-order valence-corrected chi connectivity index (χ4v) is 4.50. The monoisotopic (exact) mass is 417 g/mol. The first-order chi connectivity index (χ1) is 14.6. The molecule has 1 unspecified atom stereocenters. The molecule has 1 saturated heterocycles. The smallest absolute Gasteiger partial charge is 0.100 e. The SMILES string of the molecule is CC(C)(C)c1ccc(C2CN(c3ccccc3C(C)(C)C)CCO2)cc1-c1ccn[nH]1. The van der Waals surface area contributed by atoms with E-state index in [1.807, 2.05) is 12.3 Å². The van der Waals surface area contributed by atoms with Gasteiger partial charge in [-0.15, -0.1) is 0 Å². The lowest BCUT2D eigenvalue weighted by atomic mass is 9.81. The van der Waals surface area contributed by atoms with Crippen LogP contribution in [-0.2, 0) is 15.6 Å². The maximum absolute atomic E-state index is 6.27. The van der Waals surface area contributed by atoms with Crippen LogP contribution in [-0.4, -0.2) is 29.9 Å². The van der Waals surface area contributed by atoms with Gasteiger partial charge >= 0.3 is 0 Å². The highest BCUT2D eigenvalue weighted by Crippen LogP contribution is 2.37. The van der Waals surface area contributed by atoms with Gasteiger partial charge in [0.25, 0.3) is 0 Å². The zero-order chi connectivity index (χ0) is 22.2. The van der Waals surface area contributed by atoms with Gasteiger partial charge in [-0.2, -0.15) is 5.10 Å². The summed E-state index contributed by atoms with van der Waals surface area (Å²) in [4.78, 5) is 2.49. The number of H-pyrrole nitrogens is 1. The van der Waals surface area contributed by atoms with Crippen molar-refractivity contribution >= 4 is 5.69 Å². The normalized spacial score (nSPS) is 17.7. The van der Waals surface area contributed by atoms with E-state index in [0.717, 1.165) is 25.4 Å². The van der Waals surface area contributed by atoms with Gasteiger partial charge in [-0.1, -0.05) is 71.9 Å². The van der Waals surface area contributed by atoms with E-state index in [-0.39, 0.29) is 16.9 Å². The Morgan fingerprint density at radius 1 is 0.935 bits per heavy atom. The van der Waals surface area contributed by atoms with Gasteiger partial charge in [0.15, 0.2) is 0 Å². The Labute approximate surface area is 186 Å². The zero-order valence-electron chi connectivity index (χ0n) is 19.7. The lowest BCUT2D eigenvalue weighted by Crippen LogP contribution is -2.39. The van der Waals surface area contributed by atoms with Crippen LogP contribution >= 0.6 is 0 Å². The summed E-state index contributed by atoms with van der Waals surface area (Å²) in [5, 5.41) is 7.34. The van der Waals surface area contributed by atoms with Crippen LogP contribution < -0.4 is 4.90 Å². The van der Waals surface area contributed by atoms with E-state index < -0.39 is 0 Å². The third-order valence-electron chi connectivity index (χ3n) is 6.13. The molecule has 0 spiro atoms. The summed E-state index contributed by atoms with van der Waals surface area (Å²) in [6, 6.07) is 17.6. The second-order valence-electron chi connectivity index (χ2n) is 10.6. The molecule has 1 aliphatic heterocycles. The number of hydrogen-bond acceptors (Lipinski definition) is 3. The number of para-hydroxylation sites is 1. The Morgan fingerprint density at radius 3 is 2.35 bits per heavy atom. The number of ether oxygens (including phenoxy) is 1. The summed E-state index contributed by atoms with van der Waals surface area (Å²) in [6.07, 6.45) is 1.86. The first kappa shape index (κ1) is 21.6. The highest BCUT2D eigenvalue weighted by atomic mass is 16.5. The van der Waals surface area contributed by atoms with Crippen LogP contribution in [0.3, 0.4) is 0 Å². The standard InChI is InChI=1S/C27H35N3O/c1-26(2,3)21-12-11-19(17-20(21)23-13-14-28-29-23)25-18-30(15-16-31-25)24-10-8-7-9-22(24)27(4,5)6/h7-14,17,25H,15-16,18H2,1-6H3,(H,28,29). The number of morpholine rings is 1. The molecule has 31 heavy (non-hydrogen) atoms. The van der Waals surface area contributed by atoms with Gasteiger partial charge in [-0.25, -0.2) is 0 Å². The van der Waals surface area contributed by atoms with Gasteiger partial charge in [0.1, 0.15) is 6.10 Å². The quantitative estimate of drug-likeness (QED) is 0.548. The second-order valence-corrected chi connectivity index (χ2v) is 10.6. The summed E-state index contributed by atoms with van der Waals surface area (Å²) in [5.41, 5.74) is 7.65. The molecule has 1 N–H and O–H groups in total. The summed E-state index contributed by atoms with van der Waals surface area (Å²) >= 11 is 0. The lowest BCUT2D eigenvalue weighted by Gasteiger charge is -2.38. The molecule has 3 aromatic rings. The maximum atomic E-state index is 6.27. The van der Waals surface area contributed by atoms with Crippen molar-refractivity contribution in [1.29, 1.82) is 0 Å². The Hall–Kier alpha value is -2.59. The van der Waals surface area contributed by atoms with Crippen molar-refractivity contribution in [2.45, 2.75) is 58.5 Å². The van der Waals surface area contributed by atoms with Gasteiger partial charge in [0, 0.05) is 30.5 Å². The van der Waals surface area contributed by atoms with Crippen LogP contribution in [0, 0.1) is 0 Å². The van der Waals surface area contributed by atoms with Crippen LogP contribution in [0.25, 0.3) is 11.3 Å². The predicted molar refractivity (Wildman–Crippen MR) is 129 cm³/mol. The predicted octanol–water partition coefficient (Wildman–Crippen LogP) is 6.25. The van der Waals surface area contributed by atoms with Crippen LogP contribution in [0.1, 0.15) is 64.3 Å². The maximum Gasteiger partial charge on any atom is 0.100 e. The summed E-state index contributed by atoms with van der Waals surface area (Å²) in [5.74, 6) is 0. The molecule has 1 aliphatic rings. The van der Waals surface area contributed by atoms with Crippen molar-refractivity contribution in [3.63, 3.8) is 0 Å². The third kappa shape index (κ3) is 4.54. The average Bonchev–Trinajstić information content (AvgIpc) is 3.27. The molecule has 0 bridgehead atoms. The number of hydrogen-bond donors (Lipinski definition) is 1. The Balaban J connectivity index is 1.68. The fourth-order valence-electron chi connectivity index (χ4n) is 4.50. The molecular formula is C27H35N3O. The van der Waals surface area contributed by atoms with Gasteiger partial charge in [-0.3, -0.25) is 5.10 Å². The third-order valence-corrected chi connectivity index (χ3v) is 6.13. The molecule has 2 heterocycles. The van der Waals surface area contributed by atoms with Crippen molar-refractivity contribution in [1.82, 2.24) is 10.2 Å². The van der Waals surface area contributed by atoms with Gasteiger partial charge < -0.3 is 9.64 Å². The number of aromatic nitrogens is 2. The zero-order valence-corrected chi connectivity index (χ0v) is 19.7. The Kier molecular flexibility index (Phi) is 5.69. The molecule has 2 aromatic carbocycles. The second kappa shape index (κ2) is 8.16. The summed E-state index contributed by atoms with van der Waals surface area (Å²) in [7, 11) is 0. The van der Waals surface area contributed by atoms with Crippen molar-refractivity contribution in [2.75, 3.05) is 24.6 Å². The molecule has 4 heteroatoms. The summed E-state index contributed by atoms with van der Waals surface area (Å²) in [6.45, 7) is 16.1. The molecule has 0 aliphatic carbocycles. The van der Waals surface area contributed by atoms with E-state index in [1.165, 1.54) is 27.9 Å². The molecule has 164 valence electrons. The minimum atomic E-state index is 0.0393. The van der Waals surface area contributed by atoms with Crippen LogP contribution in [0.15, 0.2) is 54.7 Å². The number of nitrogens with zero attached hydrogens (tertiary/aromatic N) is 2. The van der Waals surface area contributed by atoms with E-state index in [4.69, 9.17) is 4.74 Å². The van der Waals surface area contributed by atoms with Gasteiger partial charge in [0.2, 0.25) is 0 Å². The lowest BCUT2D eigenvalue weighted by molar-refractivity contribution is 0.0397. The van der Waals surface area contributed by atoms with Crippen molar-refractivity contribution in [3.05, 3.63) is 71.4 Å². The molecule has 1 fully saturated rings. The minimum Gasteiger partial charge on any atom is -0.370 e. The fraction of sp³-hybridized carbons (Fsp3) is 0.444. The molecular weight excluding hydrogens is 382 g/mol. The van der Waals surface area contributed by atoms with Crippen LogP contribution in [0.5, 0.6) is 0 Å². The molecule has 0 radical (unpaired) electrons. The Bertz CT molecular complexity index is 1030. The van der Waals surface area contributed by atoms with E-state index in [1.54, 1.807) is 0 Å². The molecule has 4 rings (SSSR count). The van der Waals surface area contributed by atoms with E-state index in [0.29, 0.717) is 0 Å². The molecule has 4 nitrogen and oxygen atoms in total. The first-order valence-electron chi connectivity index (χ1n) is 11.2. The van der Waals surface area contributed by atoms with E-state index in [2.05, 4.69) is 99.1 Å². The highest BCUT2D eigenvalue weighted by molar-refractivity contribution is 5.66. The number of nitrogens with one attached hydrogen (secondary N) is 1. The van der Waals surface area contributed by atoms with Gasteiger partial charge in [0.05, 0.1) is 12.3 Å². The number of rotatable bonds is 3. The Morgan fingerprint density at radius 2 is 1.68 bits per heavy atom. The first-order valence-corrected chi connectivity index (χ1v) is 11.2. The molecule has 1 atom stereocenters. The average molecular weight is 418 g/mol.